The number of carbonyl (C=O) groups excluding carboxylic acids is 1. The van der Waals surface area contributed by atoms with Crippen molar-refractivity contribution in [3.05, 3.63) is 12.2 Å². The van der Waals surface area contributed by atoms with E-state index in [1.54, 1.807) is 6.92 Å². The molecule has 0 bridgehead atoms. The molecule has 27 heavy (non-hydrogen) atoms. The molecule has 0 aromatic heterocycles. The molecular formula is C22H42O5. The lowest BCUT2D eigenvalue weighted by atomic mass is 10.1. The third-order valence-corrected chi connectivity index (χ3v) is 4.20. The lowest BCUT2D eigenvalue weighted by Crippen LogP contribution is -2.14. The number of ether oxygens (including phenoxy) is 4. The number of unbranched alkanes of at least 4 members (excludes halogenated alkanes) is 9. The molecule has 5 heteroatoms. The average Bonchev–Trinajstić information content (AvgIpc) is 2.66. The molecule has 0 heterocycles. The van der Waals surface area contributed by atoms with Crippen LogP contribution in [0.4, 0.5) is 0 Å². The summed E-state index contributed by atoms with van der Waals surface area (Å²) in [5.74, 6) is -0.380. The highest BCUT2D eigenvalue weighted by Gasteiger charge is 2.01. The van der Waals surface area contributed by atoms with E-state index in [2.05, 4.69) is 13.5 Å². The Morgan fingerprint density at radius 2 is 1.04 bits per heavy atom. The Hall–Kier alpha value is -0.910. The molecule has 0 N–H and O–H groups in total. The highest BCUT2D eigenvalue weighted by atomic mass is 16.6. The Balaban J connectivity index is 3.05. The van der Waals surface area contributed by atoms with E-state index in [1.807, 2.05) is 0 Å². The Bertz CT molecular complexity index is 344. The van der Waals surface area contributed by atoms with Crippen molar-refractivity contribution in [1.29, 1.82) is 0 Å². The Morgan fingerprint density at radius 1 is 0.630 bits per heavy atom. The van der Waals surface area contributed by atoms with E-state index in [1.165, 1.54) is 57.8 Å². The Morgan fingerprint density at radius 3 is 1.52 bits per heavy atom. The van der Waals surface area contributed by atoms with Gasteiger partial charge in [-0.05, 0) is 13.3 Å². The molecule has 0 aliphatic rings. The minimum Gasteiger partial charge on any atom is -0.460 e. The third-order valence-electron chi connectivity index (χ3n) is 4.20. The van der Waals surface area contributed by atoms with Crippen LogP contribution < -0.4 is 0 Å². The number of rotatable bonds is 21. The maximum Gasteiger partial charge on any atom is 0.333 e. The molecule has 0 saturated heterocycles. The van der Waals surface area contributed by atoms with E-state index in [-0.39, 0.29) is 12.6 Å². The van der Waals surface area contributed by atoms with Gasteiger partial charge in [-0.2, -0.15) is 0 Å². The summed E-state index contributed by atoms with van der Waals surface area (Å²) in [6.45, 7) is 11.1. The maximum absolute atomic E-state index is 11.1. The van der Waals surface area contributed by atoms with Crippen molar-refractivity contribution in [1.82, 2.24) is 0 Å². The largest absolute Gasteiger partial charge is 0.460 e. The zero-order valence-corrected chi connectivity index (χ0v) is 17.8. The van der Waals surface area contributed by atoms with Crippen LogP contribution in [0.25, 0.3) is 0 Å². The predicted molar refractivity (Wildman–Crippen MR) is 110 cm³/mol. The van der Waals surface area contributed by atoms with Gasteiger partial charge in [-0.15, -0.1) is 0 Å². The maximum atomic E-state index is 11.1. The monoisotopic (exact) mass is 386 g/mol. The topological polar surface area (TPSA) is 54.0 Å². The highest BCUT2D eigenvalue weighted by Crippen LogP contribution is 2.10. The van der Waals surface area contributed by atoms with Crippen molar-refractivity contribution in [2.24, 2.45) is 0 Å². The van der Waals surface area contributed by atoms with Crippen LogP contribution in [0.5, 0.6) is 0 Å². The summed E-state index contributed by atoms with van der Waals surface area (Å²) in [5.41, 5.74) is 0.399. The smallest absolute Gasteiger partial charge is 0.333 e. The summed E-state index contributed by atoms with van der Waals surface area (Å²) < 4.78 is 21.2. The first kappa shape index (κ1) is 26.1. The molecule has 0 fully saturated rings. The van der Waals surface area contributed by atoms with Gasteiger partial charge in [0.2, 0.25) is 0 Å². The van der Waals surface area contributed by atoms with Crippen molar-refractivity contribution in [2.45, 2.75) is 78.1 Å². The van der Waals surface area contributed by atoms with Gasteiger partial charge in [-0.25, -0.2) is 4.79 Å². The molecule has 0 aromatic rings. The van der Waals surface area contributed by atoms with Crippen LogP contribution in [0.2, 0.25) is 0 Å². The lowest BCUT2D eigenvalue weighted by Gasteiger charge is -2.07. The van der Waals surface area contributed by atoms with Gasteiger partial charge < -0.3 is 18.9 Å². The van der Waals surface area contributed by atoms with Crippen LogP contribution in [0, 0.1) is 0 Å². The SMILES string of the molecule is C=C(C)C(=O)OCCOCCOCCOCCCCCCCCCCCC. The van der Waals surface area contributed by atoms with Gasteiger partial charge in [0, 0.05) is 12.2 Å². The van der Waals surface area contributed by atoms with Crippen molar-refractivity contribution < 1.29 is 23.7 Å². The first-order chi connectivity index (χ1) is 13.2. The summed E-state index contributed by atoms with van der Waals surface area (Å²) in [6.07, 6.45) is 13.4. The zero-order chi connectivity index (χ0) is 20.0. The normalized spacial score (nSPS) is 10.9. The van der Waals surface area contributed by atoms with Crippen LogP contribution in [-0.2, 0) is 23.7 Å². The number of carbonyl (C=O) groups is 1. The fourth-order valence-corrected chi connectivity index (χ4v) is 2.55. The van der Waals surface area contributed by atoms with E-state index in [4.69, 9.17) is 18.9 Å². The predicted octanol–water partition coefficient (Wildman–Crippen LogP) is 5.08. The van der Waals surface area contributed by atoms with Crippen molar-refractivity contribution in [3.8, 4) is 0 Å². The summed E-state index contributed by atoms with van der Waals surface area (Å²) in [5, 5.41) is 0. The van der Waals surface area contributed by atoms with E-state index < -0.39 is 0 Å². The van der Waals surface area contributed by atoms with E-state index in [0.29, 0.717) is 38.6 Å². The molecular weight excluding hydrogens is 344 g/mol. The third kappa shape index (κ3) is 21.2. The highest BCUT2D eigenvalue weighted by molar-refractivity contribution is 5.86. The van der Waals surface area contributed by atoms with E-state index in [9.17, 15) is 4.79 Å². The average molecular weight is 387 g/mol. The first-order valence-electron chi connectivity index (χ1n) is 10.7. The molecule has 0 spiro atoms. The quantitative estimate of drug-likeness (QED) is 0.156. The first-order valence-corrected chi connectivity index (χ1v) is 10.7. The molecule has 160 valence electrons. The number of hydrogen-bond acceptors (Lipinski definition) is 5. The molecule has 0 rings (SSSR count). The summed E-state index contributed by atoms with van der Waals surface area (Å²) in [6, 6.07) is 0. The number of hydrogen-bond donors (Lipinski definition) is 0. The van der Waals surface area contributed by atoms with Crippen molar-refractivity contribution in [3.63, 3.8) is 0 Å². The van der Waals surface area contributed by atoms with Gasteiger partial charge in [-0.1, -0.05) is 71.3 Å². The molecule has 0 saturated carbocycles. The minimum absolute atomic E-state index is 0.244. The lowest BCUT2D eigenvalue weighted by molar-refractivity contribution is -0.140. The molecule has 0 atom stereocenters. The van der Waals surface area contributed by atoms with Gasteiger partial charge in [-0.3, -0.25) is 0 Å². The molecule has 0 aromatic carbocycles. The van der Waals surface area contributed by atoms with E-state index >= 15 is 0 Å². The van der Waals surface area contributed by atoms with Crippen molar-refractivity contribution in [2.75, 3.05) is 46.2 Å². The van der Waals surface area contributed by atoms with Crippen LogP contribution in [0.15, 0.2) is 12.2 Å². The zero-order valence-electron chi connectivity index (χ0n) is 17.8. The van der Waals surface area contributed by atoms with Crippen molar-refractivity contribution >= 4 is 5.97 Å². The fraction of sp³-hybridized carbons (Fsp3) is 0.864. The summed E-state index contributed by atoms with van der Waals surface area (Å²) in [7, 11) is 0. The fourth-order valence-electron chi connectivity index (χ4n) is 2.55. The molecule has 0 unspecified atom stereocenters. The van der Waals surface area contributed by atoms with E-state index in [0.717, 1.165) is 13.0 Å². The van der Waals surface area contributed by atoms with Crippen LogP contribution in [0.1, 0.15) is 78.1 Å². The van der Waals surface area contributed by atoms with Gasteiger partial charge in [0.15, 0.2) is 0 Å². The van der Waals surface area contributed by atoms with Gasteiger partial charge in [0.25, 0.3) is 0 Å². The molecule has 0 amide bonds. The molecule has 0 aliphatic heterocycles. The minimum atomic E-state index is -0.380. The summed E-state index contributed by atoms with van der Waals surface area (Å²) in [4.78, 5) is 11.1. The molecule has 5 nitrogen and oxygen atoms in total. The molecule has 0 aliphatic carbocycles. The van der Waals surface area contributed by atoms with Crippen LogP contribution in [-0.4, -0.2) is 52.2 Å². The molecule has 0 radical (unpaired) electrons. The van der Waals surface area contributed by atoms with Gasteiger partial charge in [0.1, 0.15) is 6.61 Å². The van der Waals surface area contributed by atoms with Crippen LogP contribution >= 0.6 is 0 Å². The number of esters is 1. The Labute approximate surface area is 166 Å². The van der Waals surface area contributed by atoms with Crippen LogP contribution in [0.3, 0.4) is 0 Å². The second-order valence-electron chi connectivity index (χ2n) is 6.94. The second kappa shape index (κ2) is 21.4. The standard InChI is InChI=1S/C22H42O5/c1-4-5-6-7-8-9-10-11-12-13-14-24-15-16-25-17-18-26-19-20-27-22(23)21(2)3/h2,4-20H2,1,3H3. The van der Waals surface area contributed by atoms with Gasteiger partial charge >= 0.3 is 5.97 Å². The Kier molecular flexibility index (Phi) is 20.7. The van der Waals surface area contributed by atoms with Gasteiger partial charge in [0.05, 0.1) is 33.0 Å². The summed E-state index contributed by atoms with van der Waals surface area (Å²) >= 11 is 0. The second-order valence-corrected chi connectivity index (χ2v) is 6.94.